The molecule has 2 aromatic rings. The SMILES string of the molecule is CC1CC(=O)Nc2ncnc(N3CCC(c4nc(C5CCOCC5)cn4CCN4CCCC4)CC3)c21. The summed E-state index contributed by atoms with van der Waals surface area (Å²) in [7, 11) is 0. The van der Waals surface area contributed by atoms with Crippen LogP contribution in [0, 0.1) is 0 Å². The van der Waals surface area contributed by atoms with Crippen molar-refractivity contribution >= 4 is 17.5 Å². The van der Waals surface area contributed by atoms with Crippen molar-refractivity contribution in [2.75, 3.05) is 56.2 Å². The van der Waals surface area contributed by atoms with Crippen molar-refractivity contribution < 1.29 is 9.53 Å². The third kappa shape index (κ3) is 4.87. The largest absolute Gasteiger partial charge is 0.381 e. The first-order valence-electron chi connectivity index (χ1n) is 13.9. The van der Waals surface area contributed by atoms with Gasteiger partial charge in [0.25, 0.3) is 0 Å². The standard InChI is InChI=1S/C27H39N7O2/c1-19-16-23(35)31-25-24(19)27(29-18-28-25)33-10-4-21(5-11-33)26-30-22(20-6-14-36-15-7-20)17-34(26)13-12-32-8-2-3-9-32/h17-21H,2-16H2,1H3,(H,28,29,31,35). The van der Waals surface area contributed by atoms with Gasteiger partial charge in [-0.05, 0) is 57.5 Å². The fourth-order valence-corrected chi connectivity index (χ4v) is 6.51. The van der Waals surface area contributed by atoms with E-state index in [0.29, 0.717) is 24.1 Å². The molecule has 0 radical (unpaired) electrons. The number of anilines is 2. The Morgan fingerprint density at radius 2 is 1.78 bits per heavy atom. The fourth-order valence-electron chi connectivity index (χ4n) is 6.51. The van der Waals surface area contributed by atoms with E-state index in [0.717, 1.165) is 76.5 Å². The molecule has 36 heavy (non-hydrogen) atoms. The molecule has 4 aliphatic heterocycles. The van der Waals surface area contributed by atoms with Gasteiger partial charge in [-0.1, -0.05) is 6.92 Å². The molecule has 2 aromatic heterocycles. The lowest BCUT2D eigenvalue weighted by Gasteiger charge is -2.35. The predicted octanol–water partition coefficient (Wildman–Crippen LogP) is 3.49. The molecule has 4 aliphatic rings. The average Bonchev–Trinajstić information content (AvgIpc) is 3.58. The molecule has 6 heterocycles. The van der Waals surface area contributed by atoms with Crippen molar-refractivity contribution in [2.45, 2.75) is 76.2 Å². The number of rotatable bonds is 6. The monoisotopic (exact) mass is 493 g/mol. The molecule has 0 aliphatic carbocycles. The van der Waals surface area contributed by atoms with Gasteiger partial charge in [-0.15, -0.1) is 0 Å². The number of carbonyl (C=O) groups is 1. The summed E-state index contributed by atoms with van der Waals surface area (Å²) in [6.45, 7) is 10.3. The van der Waals surface area contributed by atoms with Crippen LogP contribution in [0.25, 0.3) is 0 Å². The molecule has 1 N–H and O–H groups in total. The minimum atomic E-state index is 0.0412. The highest BCUT2D eigenvalue weighted by Gasteiger charge is 2.32. The molecule has 0 spiro atoms. The Balaban J connectivity index is 1.19. The van der Waals surface area contributed by atoms with Crippen LogP contribution >= 0.6 is 0 Å². The Kier molecular flexibility index (Phi) is 6.93. The summed E-state index contributed by atoms with van der Waals surface area (Å²) < 4.78 is 8.10. The fraction of sp³-hybridized carbons (Fsp3) is 0.704. The summed E-state index contributed by atoms with van der Waals surface area (Å²) in [5.41, 5.74) is 2.36. The van der Waals surface area contributed by atoms with Gasteiger partial charge in [0, 0.05) is 69.4 Å². The smallest absolute Gasteiger partial charge is 0.226 e. The lowest BCUT2D eigenvalue weighted by molar-refractivity contribution is -0.116. The average molecular weight is 494 g/mol. The number of nitrogens with zero attached hydrogens (tertiary/aromatic N) is 6. The second-order valence-electron chi connectivity index (χ2n) is 11.0. The molecular formula is C27H39N7O2. The number of carbonyl (C=O) groups excluding carboxylic acids is 1. The molecule has 3 saturated heterocycles. The summed E-state index contributed by atoms with van der Waals surface area (Å²) in [6.07, 6.45) is 11.4. The number of hydrogen-bond donors (Lipinski definition) is 1. The Morgan fingerprint density at radius 1 is 1.00 bits per heavy atom. The number of ether oxygens (including phenoxy) is 1. The molecule has 9 heteroatoms. The zero-order valence-corrected chi connectivity index (χ0v) is 21.5. The molecule has 194 valence electrons. The highest BCUT2D eigenvalue weighted by molar-refractivity contribution is 5.94. The third-order valence-electron chi connectivity index (χ3n) is 8.59. The van der Waals surface area contributed by atoms with Gasteiger partial charge in [-0.25, -0.2) is 15.0 Å². The minimum Gasteiger partial charge on any atom is -0.381 e. The maximum absolute atomic E-state index is 12.0. The van der Waals surface area contributed by atoms with Crippen LogP contribution < -0.4 is 10.2 Å². The highest BCUT2D eigenvalue weighted by atomic mass is 16.5. The van der Waals surface area contributed by atoms with E-state index in [-0.39, 0.29) is 11.8 Å². The van der Waals surface area contributed by atoms with Crippen LogP contribution in [0.4, 0.5) is 11.6 Å². The molecule has 1 amide bonds. The van der Waals surface area contributed by atoms with Crippen molar-refractivity contribution in [3.63, 3.8) is 0 Å². The second kappa shape index (κ2) is 10.5. The van der Waals surface area contributed by atoms with E-state index >= 15 is 0 Å². The van der Waals surface area contributed by atoms with Crippen LogP contribution in [0.1, 0.15) is 86.7 Å². The number of amides is 1. The summed E-state index contributed by atoms with van der Waals surface area (Å²) in [5.74, 6) is 4.11. The van der Waals surface area contributed by atoms with Crippen LogP contribution in [0.3, 0.4) is 0 Å². The van der Waals surface area contributed by atoms with E-state index in [1.807, 2.05) is 0 Å². The molecular weight excluding hydrogens is 454 g/mol. The minimum absolute atomic E-state index is 0.0412. The maximum Gasteiger partial charge on any atom is 0.226 e. The van der Waals surface area contributed by atoms with Crippen LogP contribution in [0.2, 0.25) is 0 Å². The normalized spacial score (nSPS) is 24.2. The molecule has 0 bridgehead atoms. The summed E-state index contributed by atoms with van der Waals surface area (Å²) in [5, 5.41) is 2.94. The Hall–Kier alpha value is -2.52. The molecule has 0 saturated carbocycles. The quantitative estimate of drug-likeness (QED) is 0.659. The first kappa shape index (κ1) is 23.9. The van der Waals surface area contributed by atoms with E-state index in [1.165, 1.54) is 37.4 Å². The van der Waals surface area contributed by atoms with Gasteiger partial charge in [0.1, 0.15) is 23.8 Å². The van der Waals surface area contributed by atoms with Gasteiger partial charge in [-0.2, -0.15) is 0 Å². The van der Waals surface area contributed by atoms with Gasteiger partial charge in [-0.3, -0.25) is 4.79 Å². The third-order valence-corrected chi connectivity index (χ3v) is 8.59. The molecule has 1 unspecified atom stereocenters. The number of aromatic nitrogens is 4. The van der Waals surface area contributed by atoms with Crippen LogP contribution in [-0.2, 0) is 16.1 Å². The number of nitrogens with one attached hydrogen (secondary N) is 1. The summed E-state index contributed by atoms with van der Waals surface area (Å²) >= 11 is 0. The highest BCUT2D eigenvalue weighted by Crippen LogP contribution is 2.39. The van der Waals surface area contributed by atoms with E-state index in [2.05, 4.69) is 42.8 Å². The van der Waals surface area contributed by atoms with Crippen LogP contribution in [0.15, 0.2) is 12.5 Å². The molecule has 1 atom stereocenters. The van der Waals surface area contributed by atoms with Gasteiger partial charge >= 0.3 is 0 Å². The van der Waals surface area contributed by atoms with Gasteiger partial charge < -0.3 is 24.4 Å². The van der Waals surface area contributed by atoms with Crippen molar-refractivity contribution in [1.82, 2.24) is 24.4 Å². The molecule has 0 aromatic carbocycles. The number of likely N-dealkylation sites (tertiary alicyclic amines) is 1. The Labute approximate surface area is 213 Å². The lowest BCUT2D eigenvalue weighted by Crippen LogP contribution is -2.36. The number of hydrogen-bond acceptors (Lipinski definition) is 7. The maximum atomic E-state index is 12.0. The van der Waals surface area contributed by atoms with Crippen molar-refractivity contribution in [2.24, 2.45) is 0 Å². The molecule has 3 fully saturated rings. The zero-order chi connectivity index (χ0) is 24.5. The van der Waals surface area contributed by atoms with Crippen LogP contribution in [-0.4, -0.2) is 76.3 Å². The lowest BCUT2D eigenvalue weighted by atomic mass is 9.92. The Morgan fingerprint density at radius 3 is 2.56 bits per heavy atom. The zero-order valence-electron chi connectivity index (χ0n) is 21.5. The molecule has 6 rings (SSSR count). The number of imidazole rings is 1. The second-order valence-corrected chi connectivity index (χ2v) is 11.0. The first-order valence-corrected chi connectivity index (χ1v) is 13.9. The number of fused-ring (bicyclic) bond motifs is 1. The van der Waals surface area contributed by atoms with Crippen LogP contribution in [0.5, 0.6) is 0 Å². The van der Waals surface area contributed by atoms with Gasteiger partial charge in [0.15, 0.2) is 0 Å². The predicted molar refractivity (Wildman–Crippen MR) is 139 cm³/mol. The number of piperidine rings is 1. The van der Waals surface area contributed by atoms with Crippen molar-refractivity contribution in [3.8, 4) is 0 Å². The van der Waals surface area contributed by atoms with E-state index in [4.69, 9.17) is 9.72 Å². The van der Waals surface area contributed by atoms with Gasteiger partial charge in [0.2, 0.25) is 5.91 Å². The van der Waals surface area contributed by atoms with Gasteiger partial charge in [0.05, 0.1) is 5.69 Å². The van der Waals surface area contributed by atoms with Crippen molar-refractivity contribution in [1.29, 1.82) is 0 Å². The van der Waals surface area contributed by atoms with E-state index in [1.54, 1.807) is 6.33 Å². The molecule has 9 nitrogen and oxygen atoms in total. The van der Waals surface area contributed by atoms with E-state index < -0.39 is 0 Å². The first-order chi connectivity index (χ1) is 17.7. The van der Waals surface area contributed by atoms with E-state index in [9.17, 15) is 4.79 Å². The summed E-state index contributed by atoms with van der Waals surface area (Å²) in [4.78, 5) is 31.3. The Bertz CT molecular complexity index is 1070. The summed E-state index contributed by atoms with van der Waals surface area (Å²) in [6, 6.07) is 0. The van der Waals surface area contributed by atoms with Crippen molar-refractivity contribution in [3.05, 3.63) is 29.6 Å². The topological polar surface area (TPSA) is 88.4 Å².